The summed E-state index contributed by atoms with van der Waals surface area (Å²) in [5.74, 6) is 0.834. The largest absolute Gasteiger partial charge is 0.307 e. The lowest BCUT2D eigenvalue weighted by Crippen LogP contribution is -2.31. The Morgan fingerprint density at radius 1 is 1.31 bits per heavy atom. The van der Waals surface area contributed by atoms with Crippen LogP contribution >= 0.6 is 24.0 Å². The highest BCUT2D eigenvalue weighted by molar-refractivity contribution is 7.80. The lowest BCUT2D eigenvalue weighted by molar-refractivity contribution is 0.254. The van der Waals surface area contributed by atoms with Crippen molar-refractivity contribution < 1.29 is 0 Å². The molecule has 0 aromatic carbocycles. The molecule has 0 amide bonds. The van der Waals surface area contributed by atoms with Crippen LogP contribution in [0.3, 0.4) is 0 Å². The summed E-state index contributed by atoms with van der Waals surface area (Å²) >= 11 is 5.81. The molecule has 0 saturated heterocycles. The van der Waals surface area contributed by atoms with E-state index in [2.05, 4.69) is 26.5 Å². The van der Waals surface area contributed by atoms with Crippen LogP contribution in [0.15, 0.2) is 4.79 Å². The van der Waals surface area contributed by atoms with Gasteiger partial charge in [-0.25, -0.2) is 0 Å². The summed E-state index contributed by atoms with van der Waals surface area (Å²) in [5.41, 5.74) is 1.27. The van der Waals surface area contributed by atoms with E-state index in [1.165, 1.54) is 11.3 Å². The number of hydrogen-bond donors (Lipinski definition) is 1. The topological polar surface area (TPSA) is 22.0 Å². The molecule has 1 aromatic heterocycles. The van der Waals surface area contributed by atoms with Crippen LogP contribution in [0.5, 0.6) is 0 Å². The minimum Gasteiger partial charge on any atom is -0.302 e. The summed E-state index contributed by atoms with van der Waals surface area (Å²) < 4.78 is 1.92. The molecule has 1 aromatic rings. The van der Waals surface area contributed by atoms with Gasteiger partial charge in [-0.15, -0.1) is 0 Å². The van der Waals surface area contributed by atoms with Crippen LogP contribution in [-0.2, 0) is 6.54 Å². The summed E-state index contributed by atoms with van der Waals surface area (Å²) in [6, 6.07) is 0. The second-order valence-corrected chi connectivity index (χ2v) is 5.94. The van der Waals surface area contributed by atoms with Gasteiger partial charge in [-0.1, -0.05) is 25.2 Å². The van der Waals surface area contributed by atoms with Crippen molar-refractivity contribution >= 4 is 24.0 Å². The summed E-state index contributed by atoms with van der Waals surface area (Å²) in [5, 5.41) is 0. The Morgan fingerprint density at radius 2 is 1.88 bits per heavy atom. The van der Waals surface area contributed by atoms with Crippen LogP contribution in [0, 0.1) is 19.3 Å². The quantitative estimate of drug-likeness (QED) is 0.806. The van der Waals surface area contributed by atoms with Crippen LogP contribution in [-0.4, -0.2) is 10.3 Å². The fourth-order valence-electron chi connectivity index (χ4n) is 1.85. The highest BCUT2D eigenvalue weighted by Crippen LogP contribution is 2.30. The average Bonchev–Trinajstić information content (AvgIpc) is 2.52. The first kappa shape index (κ1) is 13.8. The van der Waals surface area contributed by atoms with Gasteiger partial charge in [-0.3, -0.25) is 4.79 Å². The van der Waals surface area contributed by atoms with Gasteiger partial charge in [-0.05, 0) is 37.9 Å². The van der Waals surface area contributed by atoms with Gasteiger partial charge in [-0.2, -0.15) is 12.6 Å². The van der Waals surface area contributed by atoms with Crippen molar-refractivity contribution in [2.75, 3.05) is 5.75 Å². The second kappa shape index (κ2) is 5.41. The lowest BCUT2D eigenvalue weighted by Gasteiger charge is -2.30. The van der Waals surface area contributed by atoms with Gasteiger partial charge in [0.2, 0.25) is 0 Å². The van der Waals surface area contributed by atoms with Gasteiger partial charge in [0, 0.05) is 17.1 Å². The predicted molar refractivity (Wildman–Crippen MR) is 74.9 cm³/mol. The Bertz CT molecular complexity index is 393. The second-order valence-electron chi connectivity index (χ2n) is 4.46. The Labute approximate surface area is 107 Å². The first-order valence-electron chi connectivity index (χ1n) is 5.77. The van der Waals surface area contributed by atoms with Crippen LogP contribution < -0.4 is 4.87 Å². The number of hydrogen-bond acceptors (Lipinski definition) is 3. The van der Waals surface area contributed by atoms with E-state index in [9.17, 15) is 4.79 Å². The Morgan fingerprint density at radius 3 is 2.19 bits per heavy atom. The van der Waals surface area contributed by atoms with Crippen molar-refractivity contribution in [1.29, 1.82) is 0 Å². The standard InChI is InChI=1S/C12H21NOS2/c1-5-12(6-2,8-15)7-13-9(3)10(4)16-11(13)14/h15H,5-8H2,1-4H3. The van der Waals surface area contributed by atoms with Crippen LogP contribution in [0.4, 0.5) is 0 Å². The Balaban J connectivity index is 3.07. The maximum atomic E-state index is 11.8. The van der Waals surface area contributed by atoms with Gasteiger partial charge in [0.15, 0.2) is 0 Å². The van der Waals surface area contributed by atoms with E-state index < -0.39 is 0 Å². The Kier molecular flexibility index (Phi) is 4.68. The summed E-state index contributed by atoms with van der Waals surface area (Å²) in [6.45, 7) is 9.21. The Hall–Kier alpha value is -0.220. The normalized spacial score (nSPS) is 12.1. The third-order valence-electron chi connectivity index (χ3n) is 3.70. The van der Waals surface area contributed by atoms with Crippen molar-refractivity contribution in [3.05, 3.63) is 20.2 Å². The van der Waals surface area contributed by atoms with Gasteiger partial charge in [0.25, 0.3) is 0 Å². The number of thiazole rings is 1. The number of thiol groups is 1. The first-order chi connectivity index (χ1) is 7.49. The minimum atomic E-state index is 0.158. The predicted octanol–water partition coefficient (Wildman–Crippen LogP) is 3.26. The molecule has 4 heteroatoms. The van der Waals surface area contributed by atoms with Crippen molar-refractivity contribution in [2.45, 2.75) is 47.1 Å². The molecule has 0 radical (unpaired) electrons. The van der Waals surface area contributed by atoms with Crippen molar-refractivity contribution in [1.82, 2.24) is 4.57 Å². The van der Waals surface area contributed by atoms with E-state index in [4.69, 9.17) is 0 Å². The highest BCUT2D eigenvalue weighted by atomic mass is 32.1. The van der Waals surface area contributed by atoms with E-state index in [0.717, 1.165) is 35.7 Å². The van der Waals surface area contributed by atoms with E-state index in [1.807, 2.05) is 18.4 Å². The number of rotatable bonds is 5. The zero-order valence-corrected chi connectivity index (χ0v) is 12.3. The van der Waals surface area contributed by atoms with E-state index in [-0.39, 0.29) is 10.3 Å². The smallest absolute Gasteiger partial charge is 0.302 e. The molecule has 2 nitrogen and oxygen atoms in total. The highest BCUT2D eigenvalue weighted by Gasteiger charge is 2.26. The molecule has 0 aliphatic rings. The molecule has 0 atom stereocenters. The van der Waals surface area contributed by atoms with Crippen molar-refractivity contribution in [3.8, 4) is 0 Å². The third-order valence-corrected chi connectivity index (χ3v) is 5.37. The van der Waals surface area contributed by atoms with E-state index >= 15 is 0 Å². The van der Waals surface area contributed by atoms with Gasteiger partial charge in [0.05, 0.1) is 0 Å². The molecule has 16 heavy (non-hydrogen) atoms. The molecule has 0 spiro atoms. The zero-order chi connectivity index (χ0) is 12.3. The molecule has 92 valence electrons. The molecule has 0 saturated carbocycles. The summed E-state index contributed by atoms with van der Waals surface area (Å²) in [7, 11) is 0. The maximum Gasteiger partial charge on any atom is 0.307 e. The molecule has 0 bridgehead atoms. The summed E-state index contributed by atoms with van der Waals surface area (Å²) in [6.07, 6.45) is 2.13. The SMILES string of the molecule is CCC(CC)(CS)Cn1c(C)c(C)sc1=O. The monoisotopic (exact) mass is 259 g/mol. The molecular weight excluding hydrogens is 238 g/mol. The molecule has 0 aliphatic heterocycles. The van der Waals surface area contributed by atoms with E-state index in [1.54, 1.807) is 0 Å². The van der Waals surface area contributed by atoms with Gasteiger partial charge < -0.3 is 4.57 Å². The molecular formula is C12H21NOS2. The van der Waals surface area contributed by atoms with Crippen molar-refractivity contribution in [3.63, 3.8) is 0 Å². The minimum absolute atomic E-state index is 0.158. The molecule has 0 unspecified atom stereocenters. The fourth-order valence-corrected chi connectivity index (χ4v) is 3.23. The first-order valence-corrected chi connectivity index (χ1v) is 7.22. The average molecular weight is 259 g/mol. The lowest BCUT2D eigenvalue weighted by atomic mass is 9.84. The fraction of sp³-hybridized carbons (Fsp3) is 0.750. The molecule has 1 heterocycles. The van der Waals surface area contributed by atoms with E-state index in [0.29, 0.717) is 0 Å². The van der Waals surface area contributed by atoms with Crippen LogP contribution in [0.1, 0.15) is 37.3 Å². The van der Waals surface area contributed by atoms with Gasteiger partial charge in [0.1, 0.15) is 0 Å². The third kappa shape index (κ3) is 2.54. The number of aromatic nitrogens is 1. The van der Waals surface area contributed by atoms with Gasteiger partial charge >= 0.3 is 4.87 Å². The zero-order valence-electron chi connectivity index (χ0n) is 10.5. The number of aryl methyl sites for hydroxylation is 1. The maximum absolute atomic E-state index is 11.8. The molecule has 0 aliphatic carbocycles. The van der Waals surface area contributed by atoms with Crippen LogP contribution in [0.2, 0.25) is 0 Å². The summed E-state index contributed by atoms with van der Waals surface area (Å²) in [4.78, 5) is 13.1. The number of nitrogens with zero attached hydrogens (tertiary/aromatic N) is 1. The molecule has 1 rings (SSSR count). The van der Waals surface area contributed by atoms with Crippen LogP contribution in [0.25, 0.3) is 0 Å². The molecule has 0 fully saturated rings. The molecule has 0 N–H and O–H groups in total. The van der Waals surface area contributed by atoms with Crippen molar-refractivity contribution in [2.24, 2.45) is 5.41 Å².